The molecule has 1 aromatic heterocycles. The number of H-pyrrole nitrogens is 1. The van der Waals surface area contributed by atoms with Crippen LogP contribution in [0.4, 0.5) is 22.0 Å². The minimum Gasteiger partial charge on any atom is -0.457 e. The summed E-state index contributed by atoms with van der Waals surface area (Å²) in [5.74, 6) is -6.87. The molecule has 1 saturated heterocycles. The fraction of sp³-hybridized carbons (Fsp3) is 0.377. The molecule has 3 heterocycles. The fourth-order valence-corrected chi connectivity index (χ4v) is 14.8. The fourth-order valence-electron chi connectivity index (χ4n) is 10.2. The average molecular weight is 908 g/mol. The van der Waals surface area contributed by atoms with E-state index in [1.54, 1.807) is 6.92 Å². The number of hydrogen-bond acceptors (Lipinski definition) is 5. The number of nitrogens with zero attached hydrogens (tertiary/aromatic N) is 2. The van der Waals surface area contributed by atoms with Crippen molar-refractivity contribution < 1.29 is 35.9 Å². The molecule has 0 unspecified atom stereocenters. The van der Waals surface area contributed by atoms with E-state index in [2.05, 4.69) is 4.98 Å². The normalized spacial score (nSPS) is 18.6. The molecule has 1 fully saturated rings. The molecule has 5 aromatic carbocycles. The quantitative estimate of drug-likeness (QED) is 0.0596. The van der Waals surface area contributed by atoms with Crippen LogP contribution < -0.4 is 10.4 Å². The van der Waals surface area contributed by atoms with Crippen LogP contribution in [0, 0.1) is 17.6 Å². The summed E-state index contributed by atoms with van der Waals surface area (Å²) in [6.45, 7) is 8.77. The van der Waals surface area contributed by atoms with Crippen LogP contribution in [0.2, 0.25) is 5.04 Å². The van der Waals surface area contributed by atoms with E-state index >= 15 is 17.6 Å². The standard InChI is InChI=1S/C53H58F5N3O3Si/c1-35-28-43-42-24-15-16-25-46(42)59-48(43)49(61(35)33-53(57,58)34-63-65(52(3,4)5,40-20-11-7-12-21-40)41-22-13-8-14-23-41)47-44(55)29-38(30-45(47)56)50(39-31-60(32-39)27-17-26-54)64-51(62)36(2)37-18-9-6-10-19-37/h6-16,18-25,29-30,35-36,39,49-50,59H,17,26-28,31-34H2,1-5H3/t35-,36+,49-,50-/m1/s1. The van der Waals surface area contributed by atoms with Crippen molar-refractivity contribution in [3.8, 4) is 0 Å². The third kappa shape index (κ3) is 9.32. The van der Waals surface area contributed by atoms with Crippen LogP contribution in [0.3, 0.4) is 0 Å². The average Bonchev–Trinajstić information content (AvgIpc) is 3.64. The zero-order valence-electron chi connectivity index (χ0n) is 37.7. The molecule has 8 rings (SSSR count). The smallest absolute Gasteiger partial charge is 0.313 e. The Balaban J connectivity index is 1.16. The van der Waals surface area contributed by atoms with Crippen LogP contribution in [0.1, 0.15) is 87.1 Å². The molecule has 0 radical (unpaired) electrons. The van der Waals surface area contributed by atoms with E-state index in [-0.39, 0.29) is 17.0 Å². The lowest BCUT2D eigenvalue weighted by atomic mass is 9.85. The maximum Gasteiger partial charge on any atom is 0.313 e. The van der Waals surface area contributed by atoms with Gasteiger partial charge < -0.3 is 19.0 Å². The molecule has 0 amide bonds. The number of likely N-dealkylation sites (tertiary alicyclic amines) is 1. The van der Waals surface area contributed by atoms with Crippen LogP contribution in [0.25, 0.3) is 10.9 Å². The van der Waals surface area contributed by atoms with Gasteiger partial charge in [-0.3, -0.25) is 14.1 Å². The highest BCUT2D eigenvalue weighted by atomic mass is 28.4. The number of carbonyl (C=O) groups is 1. The summed E-state index contributed by atoms with van der Waals surface area (Å²) in [6, 6.07) is 36.3. The van der Waals surface area contributed by atoms with Crippen molar-refractivity contribution in [1.82, 2.24) is 14.8 Å². The predicted molar refractivity (Wildman–Crippen MR) is 249 cm³/mol. The van der Waals surface area contributed by atoms with Crippen LogP contribution >= 0.6 is 0 Å². The van der Waals surface area contributed by atoms with Gasteiger partial charge in [0, 0.05) is 53.8 Å². The van der Waals surface area contributed by atoms with Crippen molar-refractivity contribution in [2.24, 2.45) is 5.92 Å². The summed E-state index contributed by atoms with van der Waals surface area (Å²) < 4.78 is 94.7. The Morgan fingerprint density at radius 2 is 1.40 bits per heavy atom. The highest BCUT2D eigenvalue weighted by molar-refractivity contribution is 6.99. The summed E-state index contributed by atoms with van der Waals surface area (Å²) >= 11 is 0. The second-order valence-corrected chi connectivity index (χ2v) is 23.3. The Kier molecular flexibility index (Phi) is 13.6. The first-order chi connectivity index (χ1) is 31.1. The minimum absolute atomic E-state index is 0.129. The van der Waals surface area contributed by atoms with Gasteiger partial charge in [0.25, 0.3) is 14.2 Å². The monoisotopic (exact) mass is 907 g/mol. The van der Waals surface area contributed by atoms with Crippen LogP contribution in [-0.2, 0) is 20.4 Å². The predicted octanol–water partition coefficient (Wildman–Crippen LogP) is 10.7. The van der Waals surface area contributed by atoms with Gasteiger partial charge in [0.1, 0.15) is 17.7 Å². The van der Waals surface area contributed by atoms with Gasteiger partial charge in [-0.05, 0) is 77.0 Å². The third-order valence-electron chi connectivity index (χ3n) is 13.5. The van der Waals surface area contributed by atoms with Crippen LogP contribution in [0.5, 0.6) is 0 Å². The number of aromatic nitrogens is 1. The van der Waals surface area contributed by atoms with Crippen molar-refractivity contribution in [3.05, 3.63) is 167 Å². The molecule has 0 aliphatic carbocycles. The number of ether oxygens (including phenoxy) is 1. The molecule has 12 heteroatoms. The summed E-state index contributed by atoms with van der Waals surface area (Å²) in [5, 5.41) is 2.02. The van der Waals surface area contributed by atoms with Crippen molar-refractivity contribution in [3.63, 3.8) is 0 Å². The molecule has 4 atom stereocenters. The minimum atomic E-state index is -3.47. The Hall–Kier alpha value is -5.14. The lowest BCUT2D eigenvalue weighted by Crippen LogP contribution is -2.67. The van der Waals surface area contributed by atoms with Gasteiger partial charge in [-0.1, -0.05) is 130 Å². The van der Waals surface area contributed by atoms with Gasteiger partial charge in [-0.2, -0.15) is 0 Å². The maximum absolute atomic E-state index is 17.3. The molecule has 1 N–H and O–H groups in total. The first-order valence-corrected chi connectivity index (χ1v) is 24.5. The molecule has 2 aliphatic heterocycles. The lowest BCUT2D eigenvalue weighted by Gasteiger charge is -2.45. The summed E-state index contributed by atoms with van der Waals surface area (Å²) in [4.78, 5) is 20.6. The second kappa shape index (κ2) is 19.0. The van der Waals surface area contributed by atoms with Crippen LogP contribution in [0.15, 0.2) is 127 Å². The van der Waals surface area contributed by atoms with Crippen molar-refractivity contribution in [2.45, 2.75) is 82.5 Å². The number of halogens is 5. The van der Waals surface area contributed by atoms with Gasteiger partial charge in [-0.25, -0.2) is 17.6 Å². The lowest BCUT2D eigenvalue weighted by molar-refractivity contribution is -0.158. The number of fused-ring (bicyclic) bond motifs is 3. The van der Waals surface area contributed by atoms with Crippen molar-refractivity contribution in [1.29, 1.82) is 0 Å². The third-order valence-corrected chi connectivity index (χ3v) is 18.5. The number of rotatable bonds is 16. The molecule has 6 aromatic rings. The Morgan fingerprint density at radius 1 is 0.831 bits per heavy atom. The molecule has 0 spiro atoms. The van der Waals surface area contributed by atoms with E-state index in [0.717, 1.165) is 32.4 Å². The number of hydrogen-bond donors (Lipinski definition) is 1. The van der Waals surface area contributed by atoms with E-state index in [9.17, 15) is 9.18 Å². The highest BCUT2D eigenvalue weighted by Gasteiger charge is 2.53. The number of para-hydroxylation sites is 1. The van der Waals surface area contributed by atoms with Gasteiger partial charge >= 0.3 is 5.97 Å². The highest BCUT2D eigenvalue weighted by Crippen LogP contribution is 2.46. The van der Waals surface area contributed by atoms with Gasteiger partial charge in [-0.15, -0.1) is 0 Å². The topological polar surface area (TPSA) is 57.8 Å². The van der Waals surface area contributed by atoms with Crippen molar-refractivity contribution in [2.75, 3.05) is 39.5 Å². The molecule has 0 bridgehead atoms. The second-order valence-electron chi connectivity index (χ2n) is 18.9. The number of alkyl halides is 3. The largest absolute Gasteiger partial charge is 0.457 e. The Morgan fingerprint density at radius 3 is 1.98 bits per heavy atom. The number of benzene rings is 5. The van der Waals surface area contributed by atoms with Crippen molar-refractivity contribution >= 4 is 35.6 Å². The number of esters is 1. The molecule has 2 aliphatic rings. The molecule has 0 saturated carbocycles. The summed E-state index contributed by atoms with van der Waals surface area (Å²) in [6.07, 6.45) is -0.306. The molecule has 65 heavy (non-hydrogen) atoms. The molecule has 342 valence electrons. The summed E-state index contributed by atoms with van der Waals surface area (Å²) in [7, 11) is -3.38. The first-order valence-electron chi connectivity index (χ1n) is 22.6. The zero-order chi connectivity index (χ0) is 46.1. The number of carbonyl (C=O) groups excluding carboxylic acids is 1. The SMILES string of the molecule is C[C@H](C(=O)O[C@H](c1cc(F)c([C@@H]2c3[nH]c4ccccc4c3C[C@@H](C)N2CC(F)(F)CO[Si](c2ccccc2)(c2ccccc2)C(C)(C)C)c(F)c1)C1CN(CCCF)C1)c1ccccc1. The van der Waals surface area contributed by atoms with Crippen LogP contribution in [-0.4, -0.2) is 80.5 Å². The van der Waals surface area contributed by atoms with E-state index in [4.69, 9.17) is 9.16 Å². The van der Waals surface area contributed by atoms with E-state index in [1.807, 2.05) is 148 Å². The molecule has 6 nitrogen and oxygen atoms in total. The van der Waals surface area contributed by atoms with Gasteiger partial charge in [0.15, 0.2) is 0 Å². The van der Waals surface area contributed by atoms with E-state index in [1.165, 1.54) is 17.0 Å². The Labute approximate surface area is 379 Å². The zero-order valence-corrected chi connectivity index (χ0v) is 38.7. The number of nitrogens with one attached hydrogen (secondary N) is 1. The van der Waals surface area contributed by atoms with E-state index < -0.39 is 80.8 Å². The van der Waals surface area contributed by atoms with E-state index in [0.29, 0.717) is 38.2 Å². The molecular formula is C53H58F5N3O3Si. The van der Waals surface area contributed by atoms with Gasteiger partial charge in [0.2, 0.25) is 0 Å². The van der Waals surface area contributed by atoms with Gasteiger partial charge in [0.05, 0.1) is 31.8 Å². The maximum atomic E-state index is 17.3. The summed E-state index contributed by atoms with van der Waals surface area (Å²) in [5.41, 5.74) is 2.48. The molecular weight excluding hydrogens is 850 g/mol. The Bertz CT molecular complexity index is 2500. The number of aromatic amines is 1. The first kappa shape index (κ1) is 46.4.